The van der Waals surface area contributed by atoms with Crippen LogP contribution in [0.3, 0.4) is 0 Å². The zero-order valence-corrected chi connectivity index (χ0v) is 19.3. The Bertz CT molecular complexity index is 834. The lowest BCUT2D eigenvalue weighted by atomic mass is 10.1. The topological polar surface area (TPSA) is 51.7 Å². The minimum Gasteiger partial charge on any atom is -0.384 e. The van der Waals surface area contributed by atoms with Crippen molar-refractivity contribution in [1.29, 1.82) is 0 Å². The number of benzene rings is 1. The molecule has 1 aromatic carbocycles. The van der Waals surface area contributed by atoms with Crippen molar-refractivity contribution in [2.75, 3.05) is 61.9 Å². The van der Waals surface area contributed by atoms with Gasteiger partial charge < -0.3 is 20.0 Å². The van der Waals surface area contributed by atoms with Crippen LogP contribution in [0.2, 0.25) is 0 Å². The normalized spacial score (nSPS) is 13.6. The molecule has 1 N–H and O–H groups in total. The highest BCUT2D eigenvalue weighted by molar-refractivity contribution is 6.04. The van der Waals surface area contributed by atoms with E-state index < -0.39 is 0 Å². The average Bonchev–Trinajstić information content (AvgIpc) is 2.76. The van der Waals surface area contributed by atoms with Crippen LogP contribution in [0.15, 0.2) is 36.5 Å². The summed E-state index contributed by atoms with van der Waals surface area (Å²) in [4.78, 5) is 23.9. The molecule has 0 unspecified atom stereocenters. The van der Waals surface area contributed by atoms with Gasteiger partial charge in [0.25, 0.3) is 5.91 Å². The van der Waals surface area contributed by atoms with E-state index in [-0.39, 0.29) is 18.3 Å². The predicted molar refractivity (Wildman–Crippen MR) is 129 cm³/mol. The summed E-state index contributed by atoms with van der Waals surface area (Å²) >= 11 is 0. The van der Waals surface area contributed by atoms with E-state index in [1.54, 1.807) is 25.2 Å². The SMILES string of the molecule is CCCNc1ccnc(N2CCN(c3ccccc3CC)CC2)c1C(=O)N(C)C.Cl. The number of carbonyl (C=O) groups excluding carboxylic acids is 1. The van der Waals surface area contributed by atoms with Crippen LogP contribution in [-0.2, 0) is 6.42 Å². The van der Waals surface area contributed by atoms with E-state index in [0.717, 1.165) is 57.1 Å². The fraction of sp³-hybridized carbons (Fsp3) is 0.478. The molecule has 0 saturated carbocycles. The maximum absolute atomic E-state index is 13.0. The molecule has 1 aromatic heterocycles. The van der Waals surface area contributed by atoms with Crippen molar-refractivity contribution in [3.63, 3.8) is 0 Å². The maximum atomic E-state index is 13.0. The Balaban J connectivity index is 0.00000320. The summed E-state index contributed by atoms with van der Waals surface area (Å²) in [7, 11) is 3.59. The Kier molecular flexibility index (Phi) is 8.78. The number of amides is 1. The largest absolute Gasteiger partial charge is 0.384 e. The molecule has 30 heavy (non-hydrogen) atoms. The average molecular weight is 432 g/mol. The smallest absolute Gasteiger partial charge is 0.259 e. The number of nitrogens with zero attached hydrogens (tertiary/aromatic N) is 4. The van der Waals surface area contributed by atoms with E-state index in [1.807, 2.05) is 6.07 Å². The number of hydrogen-bond donors (Lipinski definition) is 1. The Morgan fingerprint density at radius 2 is 1.73 bits per heavy atom. The van der Waals surface area contributed by atoms with Crippen molar-refractivity contribution >= 4 is 35.5 Å². The van der Waals surface area contributed by atoms with E-state index in [0.29, 0.717) is 5.56 Å². The number of pyridine rings is 1. The zero-order valence-electron chi connectivity index (χ0n) is 18.5. The Morgan fingerprint density at radius 1 is 1.07 bits per heavy atom. The Labute approximate surface area is 186 Å². The molecule has 0 radical (unpaired) electrons. The van der Waals surface area contributed by atoms with Gasteiger partial charge in [0, 0.05) is 58.7 Å². The number of aromatic nitrogens is 1. The van der Waals surface area contributed by atoms with Gasteiger partial charge in [-0.05, 0) is 30.5 Å². The highest BCUT2D eigenvalue weighted by atomic mass is 35.5. The van der Waals surface area contributed by atoms with E-state index >= 15 is 0 Å². The molecule has 3 rings (SSSR count). The molecule has 0 aliphatic carbocycles. The molecule has 0 bridgehead atoms. The van der Waals surface area contributed by atoms with Crippen LogP contribution in [0.4, 0.5) is 17.2 Å². The maximum Gasteiger partial charge on any atom is 0.259 e. The van der Waals surface area contributed by atoms with E-state index in [2.05, 4.69) is 58.2 Å². The molecule has 2 heterocycles. The van der Waals surface area contributed by atoms with Crippen molar-refractivity contribution in [2.45, 2.75) is 26.7 Å². The van der Waals surface area contributed by atoms with Crippen LogP contribution in [0, 0.1) is 0 Å². The number of piperazine rings is 1. The summed E-state index contributed by atoms with van der Waals surface area (Å²) in [6, 6.07) is 10.5. The highest BCUT2D eigenvalue weighted by Crippen LogP contribution is 2.29. The molecule has 6 nitrogen and oxygen atoms in total. The van der Waals surface area contributed by atoms with Gasteiger partial charge in [0.05, 0.1) is 5.69 Å². The quantitative estimate of drug-likeness (QED) is 0.720. The lowest BCUT2D eigenvalue weighted by Gasteiger charge is -2.38. The number of hydrogen-bond acceptors (Lipinski definition) is 5. The first-order valence-corrected chi connectivity index (χ1v) is 10.6. The molecule has 2 aromatic rings. The van der Waals surface area contributed by atoms with Gasteiger partial charge in [0.1, 0.15) is 11.4 Å². The van der Waals surface area contributed by atoms with Crippen LogP contribution in [0.5, 0.6) is 0 Å². The summed E-state index contributed by atoms with van der Waals surface area (Å²) in [5, 5.41) is 3.40. The van der Waals surface area contributed by atoms with Crippen molar-refractivity contribution in [2.24, 2.45) is 0 Å². The molecular formula is C23H34ClN5O. The van der Waals surface area contributed by atoms with Crippen LogP contribution in [0.1, 0.15) is 36.2 Å². The lowest BCUT2D eigenvalue weighted by molar-refractivity contribution is 0.0828. The molecule has 1 aliphatic rings. The van der Waals surface area contributed by atoms with Gasteiger partial charge in [0.15, 0.2) is 0 Å². The number of nitrogens with one attached hydrogen (secondary N) is 1. The summed E-state index contributed by atoms with van der Waals surface area (Å²) in [6.07, 6.45) is 3.84. The fourth-order valence-corrected chi connectivity index (χ4v) is 3.81. The number of rotatable bonds is 7. The Hall–Kier alpha value is -2.47. The van der Waals surface area contributed by atoms with Gasteiger partial charge in [0.2, 0.25) is 0 Å². The monoisotopic (exact) mass is 431 g/mol. The minimum atomic E-state index is -0.00883. The molecule has 1 saturated heterocycles. The molecule has 164 valence electrons. The van der Waals surface area contributed by atoms with Gasteiger partial charge in [-0.2, -0.15) is 0 Å². The number of halogens is 1. The van der Waals surface area contributed by atoms with E-state index in [4.69, 9.17) is 0 Å². The van der Waals surface area contributed by atoms with Crippen LogP contribution in [0.25, 0.3) is 0 Å². The first kappa shape index (κ1) is 23.8. The molecule has 1 fully saturated rings. The molecular weight excluding hydrogens is 398 g/mol. The van der Waals surface area contributed by atoms with Crippen molar-refractivity contribution in [1.82, 2.24) is 9.88 Å². The number of anilines is 3. The highest BCUT2D eigenvalue weighted by Gasteiger charge is 2.26. The van der Waals surface area contributed by atoms with E-state index in [9.17, 15) is 4.79 Å². The second-order valence-corrected chi connectivity index (χ2v) is 7.64. The molecule has 0 spiro atoms. The van der Waals surface area contributed by atoms with Crippen molar-refractivity contribution in [3.8, 4) is 0 Å². The second kappa shape index (κ2) is 11.1. The second-order valence-electron chi connectivity index (χ2n) is 7.64. The molecule has 0 atom stereocenters. The van der Waals surface area contributed by atoms with Gasteiger partial charge in [-0.1, -0.05) is 32.0 Å². The van der Waals surface area contributed by atoms with Gasteiger partial charge in [-0.25, -0.2) is 4.98 Å². The molecule has 1 amide bonds. The van der Waals surface area contributed by atoms with Crippen molar-refractivity contribution in [3.05, 3.63) is 47.7 Å². The van der Waals surface area contributed by atoms with Crippen LogP contribution in [-0.4, -0.2) is 62.6 Å². The first-order valence-electron chi connectivity index (χ1n) is 10.6. The van der Waals surface area contributed by atoms with Crippen LogP contribution >= 0.6 is 12.4 Å². The van der Waals surface area contributed by atoms with Gasteiger partial charge >= 0.3 is 0 Å². The van der Waals surface area contributed by atoms with E-state index in [1.165, 1.54) is 11.3 Å². The predicted octanol–water partition coefficient (Wildman–Crippen LogP) is 3.92. The van der Waals surface area contributed by atoms with Crippen LogP contribution < -0.4 is 15.1 Å². The minimum absolute atomic E-state index is 0. The zero-order chi connectivity index (χ0) is 20.8. The summed E-state index contributed by atoms with van der Waals surface area (Å²) in [5.74, 6) is 0.777. The fourth-order valence-electron chi connectivity index (χ4n) is 3.81. The third kappa shape index (κ3) is 5.17. The Morgan fingerprint density at radius 3 is 2.37 bits per heavy atom. The lowest BCUT2D eigenvalue weighted by Crippen LogP contribution is -2.47. The number of aryl methyl sites for hydroxylation is 1. The third-order valence-corrected chi connectivity index (χ3v) is 5.41. The number of carbonyl (C=O) groups is 1. The standard InChI is InChI=1S/C23H33N5O.ClH/c1-5-12-24-19-11-13-25-22(21(19)23(29)26(3)4)28-16-14-27(15-17-28)20-10-8-7-9-18(20)6-2;/h7-11,13H,5-6,12,14-17H2,1-4H3,(H,24,25);1H. The third-order valence-electron chi connectivity index (χ3n) is 5.41. The van der Waals surface area contributed by atoms with Gasteiger partial charge in [-0.3, -0.25) is 4.79 Å². The summed E-state index contributed by atoms with van der Waals surface area (Å²) < 4.78 is 0. The molecule has 7 heteroatoms. The van der Waals surface area contributed by atoms with Gasteiger partial charge in [-0.15, -0.1) is 12.4 Å². The summed E-state index contributed by atoms with van der Waals surface area (Å²) in [5.41, 5.74) is 4.25. The first-order chi connectivity index (χ1) is 14.1. The number of para-hydroxylation sites is 1. The molecule has 1 aliphatic heterocycles. The summed E-state index contributed by atoms with van der Waals surface area (Å²) in [6.45, 7) is 8.68. The van der Waals surface area contributed by atoms with Crippen molar-refractivity contribution < 1.29 is 4.79 Å².